The Morgan fingerprint density at radius 2 is 2.31 bits per heavy atom. The predicted molar refractivity (Wildman–Crippen MR) is 52.3 cm³/mol. The van der Waals surface area contributed by atoms with Gasteiger partial charge in [0.15, 0.2) is 0 Å². The van der Waals surface area contributed by atoms with E-state index >= 15 is 0 Å². The maximum Gasteiger partial charge on any atom is 0.237 e. The SMILES string of the molecule is CN1C(CCN)C(=O)NCC1(C)C. The summed E-state index contributed by atoms with van der Waals surface area (Å²) in [5.41, 5.74) is 5.50. The van der Waals surface area contributed by atoms with Crippen LogP contribution >= 0.6 is 0 Å². The molecule has 0 aromatic carbocycles. The van der Waals surface area contributed by atoms with Crippen LogP contribution in [0.5, 0.6) is 0 Å². The number of carbonyl (C=O) groups is 1. The number of rotatable bonds is 2. The van der Waals surface area contributed by atoms with E-state index in [2.05, 4.69) is 24.1 Å². The molecule has 1 heterocycles. The van der Waals surface area contributed by atoms with E-state index in [1.165, 1.54) is 0 Å². The van der Waals surface area contributed by atoms with Gasteiger partial charge in [0.1, 0.15) is 0 Å². The molecular formula is C9H19N3O. The first kappa shape index (κ1) is 10.5. The number of nitrogens with two attached hydrogens (primary N) is 1. The molecule has 3 N–H and O–H groups in total. The molecule has 1 saturated heterocycles. The normalized spacial score (nSPS) is 28.6. The molecule has 13 heavy (non-hydrogen) atoms. The van der Waals surface area contributed by atoms with Crippen molar-refractivity contribution in [3.05, 3.63) is 0 Å². The number of hydrogen-bond acceptors (Lipinski definition) is 3. The Hall–Kier alpha value is -0.610. The van der Waals surface area contributed by atoms with Crippen LogP contribution in [-0.2, 0) is 4.79 Å². The van der Waals surface area contributed by atoms with Crippen molar-refractivity contribution in [2.24, 2.45) is 5.73 Å². The van der Waals surface area contributed by atoms with E-state index in [4.69, 9.17) is 5.73 Å². The lowest BCUT2D eigenvalue weighted by molar-refractivity contribution is -0.133. The zero-order chi connectivity index (χ0) is 10.1. The molecule has 0 spiro atoms. The summed E-state index contributed by atoms with van der Waals surface area (Å²) in [6.45, 7) is 5.51. The molecule has 0 aromatic rings. The number of likely N-dealkylation sites (N-methyl/N-ethyl adjacent to an activating group) is 1. The van der Waals surface area contributed by atoms with Crippen LogP contribution in [0.2, 0.25) is 0 Å². The molecule has 4 heteroatoms. The van der Waals surface area contributed by atoms with E-state index in [1.54, 1.807) is 0 Å². The monoisotopic (exact) mass is 185 g/mol. The number of piperazine rings is 1. The summed E-state index contributed by atoms with van der Waals surface area (Å²) in [7, 11) is 1.99. The van der Waals surface area contributed by atoms with Crippen LogP contribution in [0.25, 0.3) is 0 Å². The molecule has 0 saturated carbocycles. The van der Waals surface area contributed by atoms with Gasteiger partial charge in [-0.05, 0) is 33.9 Å². The fraction of sp³-hybridized carbons (Fsp3) is 0.889. The molecular weight excluding hydrogens is 166 g/mol. The lowest BCUT2D eigenvalue weighted by atomic mass is 9.95. The Morgan fingerprint density at radius 3 is 2.85 bits per heavy atom. The van der Waals surface area contributed by atoms with Crippen LogP contribution in [-0.4, -0.2) is 42.5 Å². The van der Waals surface area contributed by atoms with E-state index in [0.717, 1.165) is 6.42 Å². The van der Waals surface area contributed by atoms with E-state index in [1.807, 2.05) is 7.05 Å². The summed E-state index contributed by atoms with van der Waals surface area (Å²) in [4.78, 5) is 13.6. The number of nitrogens with zero attached hydrogens (tertiary/aromatic N) is 1. The maximum absolute atomic E-state index is 11.5. The lowest BCUT2D eigenvalue weighted by Gasteiger charge is -2.44. The minimum Gasteiger partial charge on any atom is -0.353 e. The number of amides is 1. The smallest absolute Gasteiger partial charge is 0.237 e. The minimum atomic E-state index is -0.0613. The summed E-state index contributed by atoms with van der Waals surface area (Å²) in [5.74, 6) is 0.104. The number of carbonyl (C=O) groups excluding carboxylic acids is 1. The first-order valence-corrected chi connectivity index (χ1v) is 4.70. The van der Waals surface area contributed by atoms with E-state index < -0.39 is 0 Å². The van der Waals surface area contributed by atoms with Gasteiger partial charge >= 0.3 is 0 Å². The highest BCUT2D eigenvalue weighted by atomic mass is 16.2. The van der Waals surface area contributed by atoms with Crippen molar-refractivity contribution in [3.8, 4) is 0 Å². The lowest BCUT2D eigenvalue weighted by Crippen LogP contribution is -2.64. The zero-order valence-corrected chi connectivity index (χ0v) is 8.63. The topological polar surface area (TPSA) is 58.4 Å². The first-order valence-electron chi connectivity index (χ1n) is 4.70. The Labute approximate surface area is 79.5 Å². The van der Waals surface area contributed by atoms with Crippen molar-refractivity contribution < 1.29 is 4.79 Å². The number of nitrogens with one attached hydrogen (secondary N) is 1. The summed E-state index contributed by atoms with van der Waals surface area (Å²) >= 11 is 0. The van der Waals surface area contributed by atoms with Gasteiger partial charge in [0, 0.05) is 12.1 Å². The molecule has 4 nitrogen and oxygen atoms in total. The third-order valence-corrected chi connectivity index (χ3v) is 2.86. The molecule has 1 aliphatic rings. The third-order valence-electron chi connectivity index (χ3n) is 2.86. The second-order valence-electron chi connectivity index (χ2n) is 4.23. The highest BCUT2D eigenvalue weighted by Gasteiger charge is 2.37. The van der Waals surface area contributed by atoms with Gasteiger partial charge in [0.2, 0.25) is 5.91 Å². The van der Waals surface area contributed by atoms with Crippen LogP contribution in [0, 0.1) is 0 Å². The standard InChI is InChI=1S/C9H19N3O/c1-9(2)6-11-8(13)7(4-5-10)12(9)3/h7H,4-6,10H2,1-3H3,(H,11,13). The second kappa shape index (κ2) is 3.64. The van der Waals surface area contributed by atoms with Gasteiger partial charge < -0.3 is 11.1 Å². The quantitative estimate of drug-likeness (QED) is 0.612. The molecule has 0 aromatic heterocycles. The highest BCUT2D eigenvalue weighted by molar-refractivity contribution is 5.82. The van der Waals surface area contributed by atoms with Crippen molar-refractivity contribution in [2.75, 3.05) is 20.1 Å². The van der Waals surface area contributed by atoms with Gasteiger partial charge in [-0.15, -0.1) is 0 Å². The highest BCUT2D eigenvalue weighted by Crippen LogP contribution is 2.20. The Kier molecular flexibility index (Phi) is 2.93. The van der Waals surface area contributed by atoms with Crippen LogP contribution in [0.1, 0.15) is 20.3 Å². The Morgan fingerprint density at radius 1 is 1.69 bits per heavy atom. The zero-order valence-electron chi connectivity index (χ0n) is 8.63. The molecule has 1 aliphatic heterocycles. The summed E-state index contributed by atoms with van der Waals surface area (Å²) in [6, 6.07) is -0.0613. The molecule has 1 unspecified atom stereocenters. The van der Waals surface area contributed by atoms with Crippen LogP contribution in [0.15, 0.2) is 0 Å². The van der Waals surface area contributed by atoms with E-state index in [0.29, 0.717) is 13.1 Å². The minimum absolute atomic E-state index is 0.0355. The number of hydrogen-bond donors (Lipinski definition) is 2. The van der Waals surface area contributed by atoms with Gasteiger partial charge in [0.25, 0.3) is 0 Å². The Balaban J connectivity index is 2.72. The van der Waals surface area contributed by atoms with Gasteiger partial charge in [-0.3, -0.25) is 9.69 Å². The van der Waals surface area contributed by atoms with Crippen molar-refractivity contribution in [1.82, 2.24) is 10.2 Å². The average molecular weight is 185 g/mol. The Bertz CT molecular complexity index is 203. The molecule has 1 atom stereocenters. The van der Waals surface area contributed by atoms with Gasteiger partial charge in [0.05, 0.1) is 6.04 Å². The van der Waals surface area contributed by atoms with E-state index in [-0.39, 0.29) is 17.5 Å². The van der Waals surface area contributed by atoms with Crippen LogP contribution in [0.3, 0.4) is 0 Å². The van der Waals surface area contributed by atoms with Crippen LogP contribution < -0.4 is 11.1 Å². The van der Waals surface area contributed by atoms with Crippen molar-refractivity contribution in [1.29, 1.82) is 0 Å². The molecule has 0 radical (unpaired) electrons. The predicted octanol–water partition coefficient (Wildman–Crippen LogP) is -0.456. The molecule has 0 aliphatic carbocycles. The maximum atomic E-state index is 11.5. The molecule has 0 bridgehead atoms. The second-order valence-corrected chi connectivity index (χ2v) is 4.23. The molecule has 76 valence electrons. The van der Waals surface area contributed by atoms with Gasteiger partial charge in [-0.25, -0.2) is 0 Å². The van der Waals surface area contributed by atoms with Gasteiger partial charge in [-0.2, -0.15) is 0 Å². The molecule has 1 amide bonds. The fourth-order valence-corrected chi connectivity index (χ4v) is 1.63. The van der Waals surface area contributed by atoms with Crippen LogP contribution in [0.4, 0.5) is 0 Å². The van der Waals surface area contributed by atoms with Gasteiger partial charge in [-0.1, -0.05) is 0 Å². The largest absolute Gasteiger partial charge is 0.353 e. The molecule has 1 fully saturated rings. The summed E-state index contributed by atoms with van der Waals surface area (Å²) in [6.07, 6.45) is 0.728. The fourth-order valence-electron chi connectivity index (χ4n) is 1.63. The van der Waals surface area contributed by atoms with Crippen molar-refractivity contribution in [3.63, 3.8) is 0 Å². The third kappa shape index (κ3) is 2.00. The van der Waals surface area contributed by atoms with Crippen molar-refractivity contribution in [2.45, 2.75) is 31.8 Å². The summed E-state index contributed by atoms with van der Waals surface area (Å²) < 4.78 is 0. The summed E-state index contributed by atoms with van der Waals surface area (Å²) in [5, 5.41) is 2.90. The first-order chi connectivity index (χ1) is 5.99. The average Bonchev–Trinajstić information content (AvgIpc) is 2.07. The molecule has 1 rings (SSSR count). The van der Waals surface area contributed by atoms with E-state index in [9.17, 15) is 4.79 Å². The van der Waals surface area contributed by atoms with Crippen molar-refractivity contribution >= 4 is 5.91 Å².